The summed E-state index contributed by atoms with van der Waals surface area (Å²) in [5.74, 6) is 0. The van der Waals surface area contributed by atoms with E-state index in [4.69, 9.17) is 0 Å². The van der Waals surface area contributed by atoms with Crippen LogP contribution in [0, 0.1) is 6.92 Å². The molecule has 116 valence electrons. The summed E-state index contributed by atoms with van der Waals surface area (Å²) in [5, 5.41) is 2.06. The van der Waals surface area contributed by atoms with Gasteiger partial charge < -0.3 is 0 Å². The molecule has 0 aliphatic heterocycles. The molecule has 3 aromatic rings. The zero-order chi connectivity index (χ0) is 16.4. The Morgan fingerprint density at radius 1 is 0.870 bits per heavy atom. The molecule has 0 aliphatic rings. The molecule has 0 N–H and O–H groups in total. The quantitative estimate of drug-likeness (QED) is 0.673. The normalized spacial score (nSPS) is 12.5. The Labute approximate surface area is 136 Å². The van der Waals surface area contributed by atoms with Crippen LogP contribution in [-0.2, 0) is 10.0 Å². The first-order valence-corrected chi connectivity index (χ1v) is 8.78. The second-order valence-electron chi connectivity index (χ2n) is 5.49. The number of hydrogen-bond acceptors (Lipinski definition) is 2. The molecule has 0 saturated heterocycles. The van der Waals surface area contributed by atoms with Gasteiger partial charge in [0.25, 0.3) is 10.0 Å². The van der Waals surface area contributed by atoms with E-state index in [1.165, 1.54) is 0 Å². The van der Waals surface area contributed by atoms with Gasteiger partial charge in [-0.2, -0.15) is 12.8 Å². The molecule has 3 nitrogen and oxygen atoms in total. The van der Waals surface area contributed by atoms with E-state index in [0.717, 1.165) is 21.9 Å². The minimum atomic E-state index is -3.71. The maximum absolute atomic E-state index is 12.5. The molecule has 23 heavy (non-hydrogen) atoms. The van der Waals surface area contributed by atoms with Crippen molar-refractivity contribution < 1.29 is 8.42 Å². The monoisotopic (exact) mass is 323 g/mol. The largest absolute Gasteiger partial charge is 0.282 e. The number of aryl methyl sites for hydroxylation is 1. The van der Waals surface area contributed by atoms with Crippen LogP contribution < -0.4 is 0 Å². The van der Waals surface area contributed by atoms with Gasteiger partial charge >= 0.3 is 0 Å². The van der Waals surface area contributed by atoms with Crippen LogP contribution in [0.1, 0.15) is 18.1 Å². The van der Waals surface area contributed by atoms with Gasteiger partial charge in [-0.3, -0.25) is 0 Å². The zero-order valence-corrected chi connectivity index (χ0v) is 13.8. The Morgan fingerprint density at radius 3 is 2.26 bits per heavy atom. The predicted molar refractivity (Wildman–Crippen MR) is 94.5 cm³/mol. The summed E-state index contributed by atoms with van der Waals surface area (Å²) in [5.41, 5.74) is 2.33. The molecule has 0 spiro atoms. The van der Waals surface area contributed by atoms with Crippen molar-refractivity contribution in [3.05, 3.63) is 77.9 Å². The van der Waals surface area contributed by atoms with E-state index in [1.54, 1.807) is 31.2 Å². The van der Waals surface area contributed by atoms with Crippen LogP contribution in [-0.4, -0.2) is 14.1 Å². The zero-order valence-electron chi connectivity index (χ0n) is 13.0. The summed E-state index contributed by atoms with van der Waals surface area (Å²) in [4.78, 5) is 0.211. The smallest absolute Gasteiger partial charge is 0.199 e. The molecule has 0 radical (unpaired) electrons. The van der Waals surface area contributed by atoms with Crippen LogP contribution in [0.5, 0.6) is 0 Å². The number of fused-ring (bicyclic) bond motifs is 1. The Morgan fingerprint density at radius 2 is 1.52 bits per heavy atom. The maximum Gasteiger partial charge on any atom is 0.282 e. The third kappa shape index (κ3) is 3.17. The highest BCUT2D eigenvalue weighted by molar-refractivity contribution is 7.90. The molecule has 3 aromatic carbocycles. The average Bonchev–Trinajstić information content (AvgIpc) is 2.54. The van der Waals surface area contributed by atoms with E-state index in [0.29, 0.717) is 5.71 Å². The first kappa shape index (κ1) is 15.4. The molecule has 0 aliphatic carbocycles. The summed E-state index contributed by atoms with van der Waals surface area (Å²) in [6.45, 7) is 3.65. The minimum Gasteiger partial charge on any atom is -0.199 e. The van der Waals surface area contributed by atoms with Gasteiger partial charge in [0.15, 0.2) is 0 Å². The number of hydrogen-bond donors (Lipinski definition) is 0. The van der Waals surface area contributed by atoms with Crippen molar-refractivity contribution in [3.8, 4) is 0 Å². The topological polar surface area (TPSA) is 46.5 Å². The van der Waals surface area contributed by atoms with Crippen LogP contribution in [0.4, 0.5) is 0 Å². The van der Waals surface area contributed by atoms with Crippen LogP contribution in [0.3, 0.4) is 0 Å². The highest BCUT2D eigenvalue weighted by Crippen LogP contribution is 2.21. The molecule has 0 heterocycles. The molecular weight excluding hydrogens is 306 g/mol. The highest BCUT2D eigenvalue weighted by atomic mass is 32.2. The Balaban J connectivity index is 2.09. The fourth-order valence-electron chi connectivity index (χ4n) is 2.53. The minimum absolute atomic E-state index is 0.211. The van der Waals surface area contributed by atoms with E-state index >= 15 is 0 Å². The van der Waals surface area contributed by atoms with Gasteiger partial charge in [-0.15, -0.1) is 0 Å². The Hall–Kier alpha value is -2.46. The number of sulfonamides is 1. The Kier molecular flexibility index (Phi) is 4.01. The lowest BCUT2D eigenvalue weighted by atomic mass is 10.0. The molecule has 0 unspecified atom stereocenters. The van der Waals surface area contributed by atoms with Crippen LogP contribution in [0.2, 0.25) is 0 Å². The average molecular weight is 323 g/mol. The molecule has 0 bridgehead atoms. The van der Waals surface area contributed by atoms with Crippen molar-refractivity contribution in [2.75, 3.05) is 0 Å². The molecule has 0 atom stereocenters. The second-order valence-corrected chi connectivity index (χ2v) is 7.10. The van der Waals surface area contributed by atoms with Crippen LogP contribution >= 0.6 is 0 Å². The molecular formula is C19H17NO2S. The maximum atomic E-state index is 12.5. The summed E-state index contributed by atoms with van der Waals surface area (Å²) in [6.07, 6.45) is 0. The van der Waals surface area contributed by atoms with Crippen molar-refractivity contribution in [3.63, 3.8) is 0 Å². The second kappa shape index (κ2) is 5.97. The summed E-state index contributed by atoms with van der Waals surface area (Å²) < 4.78 is 29.0. The molecule has 3 rings (SSSR count). The Bertz CT molecular complexity index is 982. The molecule has 0 aromatic heterocycles. The van der Waals surface area contributed by atoms with Crippen LogP contribution in [0.15, 0.2) is 76.0 Å². The third-order valence-electron chi connectivity index (χ3n) is 3.76. The van der Waals surface area contributed by atoms with Crippen molar-refractivity contribution >= 4 is 26.5 Å². The first-order chi connectivity index (χ1) is 11.0. The lowest BCUT2D eigenvalue weighted by molar-refractivity contribution is 0.598. The van der Waals surface area contributed by atoms with E-state index < -0.39 is 10.0 Å². The third-order valence-corrected chi connectivity index (χ3v) is 5.14. The van der Waals surface area contributed by atoms with Crippen molar-refractivity contribution in [1.29, 1.82) is 0 Å². The lowest BCUT2D eigenvalue weighted by Gasteiger charge is -2.07. The lowest BCUT2D eigenvalue weighted by Crippen LogP contribution is -2.04. The van der Waals surface area contributed by atoms with Gasteiger partial charge in [0.05, 0.1) is 10.6 Å². The molecule has 4 heteroatoms. The first-order valence-electron chi connectivity index (χ1n) is 7.34. The standard InChI is InChI=1S/C19H17NO2S/c1-14-10-12-17(13-11-14)23(21,22)20-15(2)18-9-5-7-16-6-3-4-8-19(16)18/h3-13H,1-2H3/b20-15+. The van der Waals surface area contributed by atoms with Gasteiger partial charge in [-0.05, 0) is 36.8 Å². The van der Waals surface area contributed by atoms with Gasteiger partial charge in [0, 0.05) is 5.56 Å². The van der Waals surface area contributed by atoms with Crippen LogP contribution in [0.25, 0.3) is 10.8 Å². The van der Waals surface area contributed by atoms with Crippen molar-refractivity contribution in [2.24, 2.45) is 4.40 Å². The summed E-state index contributed by atoms with van der Waals surface area (Å²) in [7, 11) is -3.71. The highest BCUT2D eigenvalue weighted by Gasteiger charge is 2.14. The van der Waals surface area contributed by atoms with Gasteiger partial charge in [0.1, 0.15) is 0 Å². The van der Waals surface area contributed by atoms with Gasteiger partial charge in [-0.25, -0.2) is 0 Å². The number of rotatable bonds is 3. The number of benzene rings is 3. The predicted octanol–water partition coefficient (Wildman–Crippen LogP) is 4.35. The molecule has 0 amide bonds. The SMILES string of the molecule is C/C(=N\S(=O)(=O)c1ccc(C)cc1)c1cccc2ccccc12. The van der Waals surface area contributed by atoms with E-state index in [1.807, 2.05) is 49.4 Å². The number of nitrogens with zero attached hydrogens (tertiary/aromatic N) is 1. The summed E-state index contributed by atoms with van der Waals surface area (Å²) >= 11 is 0. The van der Waals surface area contributed by atoms with Crippen molar-refractivity contribution in [2.45, 2.75) is 18.7 Å². The summed E-state index contributed by atoms with van der Waals surface area (Å²) in [6, 6.07) is 20.4. The fraction of sp³-hybridized carbons (Fsp3) is 0.105. The fourth-order valence-corrected chi connectivity index (χ4v) is 3.58. The van der Waals surface area contributed by atoms with Crippen molar-refractivity contribution in [1.82, 2.24) is 0 Å². The van der Waals surface area contributed by atoms with Gasteiger partial charge in [-0.1, -0.05) is 60.2 Å². The van der Waals surface area contributed by atoms with Gasteiger partial charge in [0.2, 0.25) is 0 Å². The van der Waals surface area contributed by atoms with E-state index in [2.05, 4.69) is 4.40 Å². The van der Waals surface area contributed by atoms with E-state index in [-0.39, 0.29) is 4.90 Å². The molecule has 0 fully saturated rings. The molecule has 0 saturated carbocycles. The van der Waals surface area contributed by atoms with E-state index in [9.17, 15) is 8.42 Å².